The molecule has 2 heterocycles. The summed E-state index contributed by atoms with van der Waals surface area (Å²) in [5.74, 6) is 0.569. The molecule has 0 amide bonds. The molecule has 5 nitrogen and oxygen atoms in total. The van der Waals surface area contributed by atoms with Crippen LogP contribution in [0.15, 0.2) is 17.6 Å². The normalized spacial score (nSPS) is 14.8. The van der Waals surface area contributed by atoms with E-state index in [1.54, 1.807) is 6.33 Å². The summed E-state index contributed by atoms with van der Waals surface area (Å²) in [5, 5.41) is 8.57. The van der Waals surface area contributed by atoms with Crippen molar-refractivity contribution in [3.63, 3.8) is 0 Å². The third kappa shape index (κ3) is 2.40. The van der Waals surface area contributed by atoms with Gasteiger partial charge in [-0.3, -0.25) is 4.79 Å². The predicted molar refractivity (Wildman–Crippen MR) is 78.2 cm³/mol. The molecule has 0 N–H and O–H groups in total. The molecule has 0 unspecified atom stereocenters. The van der Waals surface area contributed by atoms with Crippen LogP contribution in [0.4, 0.5) is 0 Å². The lowest BCUT2D eigenvalue weighted by Crippen LogP contribution is -2.06. The number of aryl methyl sites for hydroxylation is 2. The van der Waals surface area contributed by atoms with Crippen molar-refractivity contribution in [3.05, 3.63) is 29.3 Å². The highest BCUT2D eigenvalue weighted by Gasteiger charge is 2.28. The Labute approximate surface area is 122 Å². The first kappa shape index (κ1) is 13.4. The predicted octanol–water partition coefficient (Wildman–Crippen LogP) is 2.54. The number of rotatable bonds is 5. The van der Waals surface area contributed by atoms with Crippen LogP contribution in [0.1, 0.15) is 40.6 Å². The van der Waals surface area contributed by atoms with Crippen LogP contribution in [-0.2, 0) is 7.05 Å². The summed E-state index contributed by atoms with van der Waals surface area (Å²) in [6.45, 7) is 4.13. The Hall–Kier alpha value is -1.56. The van der Waals surface area contributed by atoms with Crippen LogP contribution in [0.3, 0.4) is 0 Å². The average molecular weight is 290 g/mol. The minimum absolute atomic E-state index is 0.165. The fourth-order valence-electron chi connectivity index (χ4n) is 2.57. The molecule has 3 rings (SSSR count). The van der Waals surface area contributed by atoms with Crippen molar-refractivity contribution >= 4 is 17.5 Å². The fraction of sp³-hybridized carbons (Fsp3) is 0.500. The summed E-state index contributed by atoms with van der Waals surface area (Å²) < 4.78 is 4.13. The Morgan fingerprint density at radius 1 is 1.45 bits per heavy atom. The van der Waals surface area contributed by atoms with Crippen LogP contribution in [0.2, 0.25) is 0 Å². The zero-order chi connectivity index (χ0) is 14.3. The minimum Gasteiger partial charge on any atom is -0.345 e. The molecule has 6 heteroatoms. The molecule has 20 heavy (non-hydrogen) atoms. The molecular weight excluding hydrogens is 272 g/mol. The molecule has 0 aromatic carbocycles. The molecule has 0 bridgehead atoms. The number of carbonyl (C=O) groups is 1. The van der Waals surface area contributed by atoms with Gasteiger partial charge in [-0.15, -0.1) is 10.2 Å². The van der Waals surface area contributed by atoms with E-state index >= 15 is 0 Å². The molecule has 0 radical (unpaired) electrons. The van der Waals surface area contributed by atoms with E-state index in [0.717, 1.165) is 16.4 Å². The molecule has 106 valence electrons. The van der Waals surface area contributed by atoms with Crippen LogP contribution in [0.5, 0.6) is 0 Å². The van der Waals surface area contributed by atoms with Crippen LogP contribution in [0, 0.1) is 13.8 Å². The van der Waals surface area contributed by atoms with Crippen molar-refractivity contribution in [2.24, 2.45) is 7.05 Å². The maximum absolute atomic E-state index is 12.4. The number of hydrogen-bond donors (Lipinski definition) is 0. The highest BCUT2D eigenvalue weighted by molar-refractivity contribution is 7.99. The third-order valence-corrected chi connectivity index (χ3v) is 4.73. The number of thioether (sulfide) groups is 1. The van der Waals surface area contributed by atoms with Crippen LogP contribution in [0.25, 0.3) is 0 Å². The lowest BCUT2D eigenvalue weighted by molar-refractivity contribution is 0.102. The number of Topliss-reactive ketones (excluding diaryl/α,β-unsaturated/α-hetero) is 1. The number of carbonyl (C=O) groups excluding carboxylic acids is 1. The number of nitrogens with zero attached hydrogens (tertiary/aromatic N) is 4. The van der Waals surface area contributed by atoms with E-state index in [9.17, 15) is 4.79 Å². The van der Waals surface area contributed by atoms with Gasteiger partial charge in [0.1, 0.15) is 6.33 Å². The van der Waals surface area contributed by atoms with Crippen molar-refractivity contribution in [2.75, 3.05) is 5.75 Å². The lowest BCUT2D eigenvalue weighted by Gasteiger charge is -2.07. The maximum atomic E-state index is 12.4. The van der Waals surface area contributed by atoms with Gasteiger partial charge in [0.05, 0.1) is 5.75 Å². The second kappa shape index (κ2) is 5.09. The monoisotopic (exact) mass is 290 g/mol. The highest BCUT2D eigenvalue weighted by atomic mass is 32.2. The van der Waals surface area contributed by atoms with Gasteiger partial charge in [-0.2, -0.15) is 0 Å². The average Bonchev–Trinajstić information content (AvgIpc) is 3.08. The smallest absolute Gasteiger partial charge is 0.191 e. The summed E-state index contributed by atoms with van der Waals surface area (Å²) in [5.41, 5.74) is 3.15. The fourth-order valence-corrected chi connectivity index (χ4v) is 3.34. The maximum Gasteiger partial charge on any atom is 0.191 e. The van der Waals surface area contributed by atoms with Gasteiger partial charge in [0.15, 0.2) is 10.9 Å². The molecule has 1 fully saturated rings. The second-order valence-corrected chi connectivity index (χ2v) is 6.26. The van der Waals surface area contributed by atoms with E-state index in [4.69, 9.17) is 0 Å². The first-order chi connectivity index (χ1) is 9.58. The van der Waals surface area contributed by atoms with Crippen molar-refractivity contribution < 1.29 is 4.79 Å². The van der Waals surface area contributed by atoms with Gasteiger partial charge in [0.25, 0.3) is 0 Å². The molecule has 0 spiro atoms. The molecule has 0 atom stereocenters. The number of ketones is 1. The van der Waals surface area contributed by atoms with E-state index in [-0.39, 0.29) is 5.78 Å². The quantitative estimate of drug-likeness (QED) is 0.627. The first-order valence-electron chi connectivity index (χ1n) is 6.76. The van der Waals surface area contributed by atoms with Gasteiger partial charge in [-0.1, -0.05) is 11.8 Å². The van der Waals surface area contributed by atoms with E-state index in [1.807, 2.05) is 24.6 Å². The standard InChI is InChI=1S/C14H18N4OS/c1-9-6-12(10(2)18(9)11-4-5-11)13(19)7-20-14-16-15-8-17(14)3/h6,8,11H,4-5,7H2,1-3H3. The van der Waals surface area contributed by atoms with E-state index in [1.165, 1.54) is 30.3 Å². The minimum atomic E-state index is 0.165. The van der Waals surface area contributed by atoms with Gasteiger partial charge < -0.3 is 9.13 Å². The number of hydrogen-bond acceptors (Lipinski definition) is 4. The van der Waals surface area contributed by atoms with Gasteiger partial charge in [0.2, 0.25) is 0 Å². The molecule has 1 aliphatic carbocycles. The van der Waals surface area contributed by atoms with Crippen LogP contribution >= 0.6 is 11.8 Å². The van der Waals surface area contributed by atoms with Gasteiger partial charge in [-0.05, 0) is 32.8 Å². The van der Waals surface area contributed by atoms with Crippen molar-refractivity contribution in [1.29, 1.82) is 0 Å². The van der Waals surface area contributed by atoms with Crippen molar-refractivity contribution in [3.8, 4) is 0 Å². The Balaban J connectivity index is 1.74. The first-order valence-corrected chi connectivity index (χ1v) is 7.75. The largest absolute Gasteiger partial charge is 0.345 e. The zero-order valence-corrected chi connectivity index (χ0v) is 12.8. The molecule has 2 aromatic rings. The van der Waals surface area contributed by atoms with Gasteiger partial charge in [-0.25, -0.2) is 0 Å². The van der Waals surface area contributed by atoms with E-state index < -0.39 is 0 Å². The Bertz CT molecular complexity index is 654. The molecule has 2 aromatic heterocycles. The van der Waals surface area contributed by atoms with Crippen LogP contribution in [-0.4, -0.2) is 30.9 Å². The Morgan fingerprint density at radius 2 is 2.20 bits per heavy atom. The van der Waals surface area contributed by atoms with E-state index in [2.05, 4.69) is 21.7 Å². The Kier molecular flexibility index (Phi) is 3.41. The van der Waals surface area contributed by atoms with Gasteiger partial charge in [0, 0.05) is 30.0 Å². The van der Waals surface area contributed by atoms with Crippen molar-refractivity contribution in [1.82, 2.24) is 19.3 Å². The van der Waals surface area contributed by atoms with Gasteiger partial charge >= 0.3 is 0 Å². The molecular formula is C14H18N4OS. The Morgan fingerprint density at radius 3 is 2.80 bits per heavy atom. The highest BCUT2D eigenvalue weighted by Crippen LogP contribution is 2.38. The molecule has 1 aliphatic rings. The summed E-state index contributed by atoms with van der Waals surface area (Å²) >= 11 is 1.44. The lowest BCUT2D eigenvalue weighted by atomic mass is 10.2. The molecule has 1 saturated carbocycles. The summed E-state index contributed by atoms with van der Waals surface area (Å²) in [7, 11) is 1.88. The van der Waals surface area contributed by atoms with E-state index in [0.29, 0.717) is 11.8 Å². The summed E-state index contributed by atoms with van der Waals surface area (Å²) in [4.78, 5) is 12.4. The number of aromatic nitrogens is 4. The summed E-state index contributed by atoms with van der Waals surface area (Å²) in [6, 6.07) is 2.63. The van der Waals surface area contributed by atoms with Crippen LogP contribution < -0.4 is 0 Å². The zero-order valence-electron chi connectivity index (χ0n) is 12.0. The SMILES string of the molecule is Cc1cc(C(=O)CSc2nncn2C)c(C)n1C1CC1. The summed E-state index contributed by atoms with van der Waals surface area (Å²) in [6.07, 6.45) is 4.11. The second-order valence-electron chi connectivity index (χ2n) is 5.32. The van der Waals surface area contributed by atoms with Crippen molar-refractivity contribution in [2.45, 2.75) is 37.9 Å². The third-order valence-electron chi connectivity index (χ3n) is 3.70. The topological polar surface area (TPSA) is 52.7 Å². The molecule has 0 aliphatic heterocycles. The molecule has 0 saturated heterocycles.